The number of hydrogen-bond acceptors (Lipinski definition) is 20. The van der Waals surface area contributed by atoms with Gasteiger partial charge >= 0.3 is 64.9 Å². The van der Waals surface area contributed by atoms with E-state index in [1.807, 2.05) is 9.80 Å². The van der Waals surface area contributed by atoms with E-state index in [9.17, 15) is 38.4 Å². The minimum absolute atomic E-state index is 0.0672. The van der Waals surface area contributed by atoms with Crippen LogP contribution in [0.3, 0.4) is 0 Å². The van der Waals surface area contributed by atoms with Crippen LogP contribution in [0.15, 0.2) is 8.83 Å². The Bertz CT molecular complexity index is 1790. The highest BCUT2D eigenvalue weighted by Crippen LogP contribution is 2.19. The number of ether oxygens (including phenoxy) is 3. The third-order valence-corrected chi connectivity index (χ3v) is 9.72. The highest BCUT2D eigenvalue weighted by atomic mass is 35.5. The summed E-state index contributed by atoms with van der Waals surface area (Å²) in [6.07, 6.45) is 13.4. The summed E-state index contributed by atoms with van der Waals surface area (Å²) in [5.74, 6) is -1.39. The van der Waals surface area contributed by atoms with Crippen LogP contribution in [0.1, 0.15) is 119 Å². The van der Waals surface area contributed by atoms with Crippen molar-refractivity contribution in [1.82, 2.24) is 40.9 Å². The molecule has 6 rings (SSSR count). The van der Waals surface area contributed by atoms with Gasteiger partial charge in [0.2, 0.25) is 5.91 Å². The first-order valence-electron chi connectivity index (χ1n) is 21.7. The lowest BCUT2D eigenvalue weighted by Gasteiger charge is -2.26. The zero-order valence-corrected chi connectivity index (χ0v) is 38.0. The van der Waals surface area contributed by atoms with E-state index in [1.165, 1.54) is 19.3 Å². The first-order valence-corrected chi connectivity index (χ1v) is 22.1. The Labute approximate surface area is 381 Å². The Morgan fingerprint density at radius 1 is 0.585 bits per heavy atom. The standard InChI is InChI=1S/C11H18N2O4.C10H15N3O3.C8H11N3O3.C6H10ClNO.C4H8N2O3/c1-2-17-11(16)10(15)12-8-9(14)13-6-4-3-5-7-13;1-2-15-9(14)8-11-12-10(16-8)13-6-4-3-5-7-13;12-7(13)6-9-10-8(14-6)11-4-2-1-3-5-11;7-6(9)8-4-2-1-3-5-8;1-2-9-4(8)3(7)6-5/h2-8H2,1H3,(H,12,15);2-7H2,1H3;1-5H2,(H,12,13);1-5H2;2,5H2,1H3,(H,6,7). The largest absolute Gasteiger partial charge is 0.474 e. The van der Waals surface area contributed by atoms with Crippen molar-refractivity contribution in [2.45, 2.75) is 97.8 Å². The average Bonchev–Trinajstić information content (AvgIpc) is 4.05. The molecule has 0 spiro atoms. The van der Waals surface area contributed by atoms with Gasteiger partial charge in [-0.25, -0.2) is 25.0 Å². The number of aromatic nitrogens is 4. The maximum atomic E-state index is 11.6. The van der Waals surface area contributed by atoms with Crippen LogP contribution in [0, 0.1) is 0 Å². The number of carboxylic acid groups (broad SMARTS) is 1. The number of nitrogens with two attached hydrogens (primary N) is 1. The normalized spacial score (nSPS) is 15.5. The first kappa shape index (κ1) is 55.0. The Hall–Kier alpha value is -6.11. The molecular weight excluding hydrogens is 882 g/mol. The van der Waals surface area contributed by atoms with E-state index < -0.39 is 35.7 Å². The fourth-order valence-electron chi connectivity index (χ4n) is 6.22. The number of carbonyl (C=O) groups is 8. The summed E-state index contributed by atoms with van der Waals surface area (Å²) in [4.78, 5) is 93.8. The van der Waals surface area contributed by atoms with Gasteiger partial charge < -0.3 is 53.1 Å². The van der Waals surface area contributed by atoms with Gasteiger partial charge in [-0.1, -0.05) is 20.4 Å². The lowest BCUT2D eigenvalue weighted by molar-refractivity contribution is -0.154. The van der Waals surface area contributed by atoms with Crippen molar-refractivity contribution >= 4 is 70.6 Å². The number of aromatic carboxylic acids is 1. The molecule has 4 saturated heterocycles. The molecule has 26 heteroatoms. The number of anilines is 2. The molecule has 2 aromatic rings. The second-order valence-electron chi connectivity index (χ2n) is 14.2. The minimum atomic E-state index is -1.18. The summed E-state index contributed by atoms with van der Waals surface area (Å²) in [6.45, 7) is 12.1. The van der Waals surface area contributed by atoms with Gasteiger partial charge in [0.1, 0.15) is 0 Å². The van der Waals surface area contributed by atoms with Crippen LogP contribution in [0.5, 0.6) is 0 Å². The van der Waals surface area contributed by atoms with Gasteiger partial charge in [0.15, 0.2) is 0 Å². The number of hydrazine groups is 1. The second-order valence-corrected chi connectivity index (χ2v) is 14.6. The number of likely N-dealkylation sites (tertiary alicyclic amines) is 2. The number of halogens is 1. The fraction of sp³-hybridized carbons (Fsp3) is 0.692. The molecular formula is C39H62ClN11O14. The Kier molecular flexibility index (Phi) is 26.8. The van der Waals surface area contributed by atoms with Crippen LogP contribution < -0.4 is 26.4 Å². The third kappa shape index (κ3) is 21.4. The molecule has 25 nitrogen and oxygen atoms in total. The fourth-order valence-corrected chi connectivity index (χ4v) is 6.39. The highest BCUT2D eigenvalue weighted by Gasteiger charge is 2.23. The number of carboxylic acids is 1. The maximum Gasteiger partial charge on any atom is 0.398 e. The van der Waals surface area contributed by atoms with Crippen LogP contribution in [0.4, 0.5) is 16.8 Å². The van der Waals surface area contributed by atoms with Gasteiger partial charge in [-0.15, -0.1) is 0 Å². The van der Waals surface area contributed by atoms with Crippen molar-refractivity contribution in [2.75, 3.05) is 88.5 Å². The van der Waals surface area contributed by atoms with E-state index in [0.717, 1.165) is 110 Å². The number of nitrogens with one attached hydrogen (secondary N) is 2. The lowest BCUT2D eigenvalue weighted by atomic mass is 10.1. The number of amides is 4. The SMILES string of the molecule is CCOC(=O)C(=O)NCC(=O)N1CCCCC1.CCOC(=O)C(=O)NN.CCOC(=O)c1nnc(N2CCCCC2)o1.O=C(Cl)N1CCCCC1.O=C(O)c1nnc(N2CCCCC2)o1. The number of esters is 3. The Morgan fingerprint density at radius 2 is 0.985 bits per heavy atom. The quantitative estimate of drug-likeness (QED) is 0.0408. The molecule has 2 aromatic heterocycles. The molecule has 0 radical (unpaired) electrons. The average molecular weight is 944 g/mol. The molecule has 0 aromatic carbocycles. The number of hydrogen-bond donors (Lipinski definition) is 4. The summed E-state index contributed by atoms with van der Waals surface area (Å²) in [5.41, 5.74) is 1.64. The van der Waals surface area contributed by atoms with Gasteiger partial charge in [0.25, 0.3) is 0 Å². The molecule has 65 heavy (non-hydrogen) atoms. The molecule has 364 valence electrons. The molecule has 5 N–H and O–H groups in total. The number of nitrogens with zero attached hydrogens (tertiary/aromatic N) is 8. The van der Waals surface area contributed by atoms with Crippen molar-refractivity contribution in [1.29, 1.82) is 0 Å². The van der Waals surface area contributed by atoms with Gasteiger partial charge in [-0.3, -0.25) is 24.6 Å². The molecule has 6 heterocycles. The van der Waals surface area contributed by atoms with Gasteiger partial charge in [0, 0.05) is 52.4 Å². The van der Waals surface area contributed by atoms with Crippen LogP contribution in [0.2, 0.25) is 0 Å². The molecule has 4 aliphatic rings. The Morgan fingerprint density at radius 3 is 1.37 bits per heavy atom. The van der Waals surface area contributed by atoms with E-state index in [4.69, 9.17) is 30.3 Å². The van der Waals surface area contributed by atoms with Crippen molar-refractivity contribution in [3.8, 4) is 0 Å². The van der Waals surface area contributed by atoms with Crippen LogP contribution in [0.25, 0.3) is 0 Å². The predicted octanol–water partition coefficient (Wildman–Crippen LogP) is 2.04. The summed E-state index contributed by atoms with van der Waals surface area (Å²) >= 11 is 5.24. The molecule has 0 atom stereocenters. The van der Waals surface area contributed by atoms with Crippen molar-refractivity contribution in [3.05, 3.63) is 11.8 Å². The molecule has 0 unspecified atom stereocenters. The second kappa shape index (κ2) is 31.7. The summed E-state index contributed by atoms with van der Waals surface area (Å²) in [5, 5.41) is 25.2. The zero-order valence-electron chi connectivity index (χ0n) is 37.3. The van der Waals surface area contributed by atoms with Crippen molar-refractivity contribution in [2.24, 2.45) is 5.84 Å². The molecule has 0 saturated carbocycles. The minimum Gasteiger partial charge on any atom is -0.474 e. The summed E-state index contributed by atoms with van der Waals surface area (Å²) < 4.78 is 23.8. The molecule has 0 aliphatic carbocycles. The van der Waals surface area contributed by atoms with Crippen molar-refractivity contribution < 1.29 is 66.5 Å². The van der Waals surface area contributed by atoms with Gasteiger partial charge in [-0.2, -0.15) is 0 Å². The van der Waals surface area contributed by atoms with Crippen molar-refractivity contribution in [3.63, 3.8) is 0 Å². The van der Waals surface area contributed by atoms with Gasteiger partial charge in [0.05, 0.1) is 26.4 Å². The zero-order chi connectivity index (χ0) is 48.0. The third-order valence-electron chi connectivity index (χ3n) is 9.48. The van der Waals surface area contributed by atoms with E-state index in [1.54, 1.807) is 36.0 Å². The smallest absolute Gasteiger partial charge is 0.398 e. The molecule has 4 fully saturated rings. The molecule has 0 bridgehead atoms. The van der Waals surface area contributed by atoms with E-state index in [0.29, 0.717) is 18.6 Å². The topological polar surface area (TPSA) is 325 Å². The number of rotatable bonds is 9. The maximum absolute atomic E-state index is 11.6. The lowest BCUT2D eigenvalue weighted by Crippen LogP contribution is -2.44. The summed E-state index contributed by atoms with van der Waals surface area (Å²) in [7, 11) is 0. The van der Waals surface area contributed by atoms with Crippen LogP contribution >= 0.6 is 11.6 Å². The first-order chi connectivity index (χ1) is 31.3. The monoisotopic (exact) mass is 943 g/mol. The predicted molar refractivity (Wildman–Crippen MR) is 229 cm³/mol. The summed E-state index contributed by atoms with van der Waals surface area (Å²) in [6, 6.07) is 0.741. The molecule has 4 amide bonds. The molecule has 4 aliphatic heterocycles. The highest BCUT2D eigenvalue weighted by molar-refractivity contribution is 6.62. The van der Waals surface area contributed by atoms with E-state index in [-0.39, 0.29) is 42.8 Å². The number of carbonyl (C=O) groups excluding carboxylic acids is 7. The van der Waals surface area contributed by atoms with E-state index in [2.05, 4.69) is 41.0 Å². The van der Waals surface area contributed by atoms with Crippen LogP contribution in [-0.2, 0) is 38.2 Å². The van der Waals surface area contributed by atoms with Gasteiger partial charge in [-0.05, 0) is 109 Å². The van der Waals surface area contributed by atoms with E-state index >= 15 is 0 Å². The Balaban J connectivity index is 0.000000286. The van der Waals surface area contributed by atoms with Crippen LogP contribution in [-0.4, -0.2) is 161 Å². The number of piperidine rings is 4.